The van der Waals surface area contributed by atoms with Gasteiger partial charge in [0.05, 0.1) is 42.5 Å². The molecule has 0 saturated carbocycles. The zero-order chi connectivity index (χ0) is 24.6. The third-order valence-electron chi connectivity index (χ3n) is 6.75. The second-order valence-electron chi connectivity index (χ2n) is 11.3. The molecule has 0 aromatic carbocycles. The number of anilines is 1. The summed E-state index contributed by atoms with van der Waals surface area (Å²) < 4.78 is 11.2. The maximum Gasteiger partial charge on any atom is 0.225 e. The summed E-state index contributed by atoms with van der Waals surface area (Å²) in [6.07, 6.45) is 1.08. The van der Waals surface area contributed by atoms with Crippen molar-refractivity contribution in [3.8, 4) is 6.07 Å². The largest absolute Gasteiger partial charge is 0.384 e. The zero-order valence-corrected chi connectivity index (χ0v) is 21.6. The Morgan fingerprint density at radius 2 is 2.00 bits per heavy atom. The molecule has 7 heteroatoms. The lowest BCUT2D eigenvalue weighted by molar-refractivity contribution is -0.135. The van der Waals surface area contributed by atoms with E-state index in [1.165, 1.54) is 0 Å². The van der Waals surface area contributed by atoms with Crippen LogP contribution in [0.2, 0.25) is 0 Å². The number of carbonyl (C=O) groups excluding carboxylic acids is 1. The van der Waals surface area contributed by atoms with Gasteiger partial charge in [0.1, 0.15) is 11.9 Å². The molecule has 2 aliphatic rings. The van der Waals surface area contributed by atoms with Gasteiger partial charge in [-0.3, -0.25) is 4.79 Å². The number of hydrogen-bond acceptors (Lipinski definition) is 6. The highest BCUT2D eigenvalue weighted by Crippen LogP contribution is 2.39. The summed E-state index contributed by atoms with van der Waals surface area (Å²) in [6, 6.07) is 2.55. The summed E-state index contributed by atoms with van der Waals surface area (Å²) in [4.78, 5) is 22.2. The topological polar surface area (TPSA) is 78.7 Å². The van der Waals surface area contributed by atoms with Gasteiger partial charge < -0.3 is 19.3 Å². The molecule has 3 heterocycles. The molecule has 1 aromatic heterocycles. The number of amides is 1. The van der Waals surface area contributed by atoms with Crippen LogP contribution >= 0.6 is 0 Å². The molecule has 0 radical (unpaired) electrons. The van der Waals surface area contributed by atoms with E-state index in [0.717, 1.165) is 22.6 Å². The minimum absolute atomic E-state index is 0.0605. The first-order valence-corrected chi connectivity index (χ1v) is 12.0. The van der Waals surface area contributed by atoms with E-state index in [0.29, 0.717) is 51.3 Å². The SMILES string of the molecule is COCCC(=O)N1CCN(c2nc(C(C)(C)C)c3c(c2C#N)CC(C)(C)OC3)C[C@H]1C(C)C. The first kappa shape index (κ1) is 25.5. The van der Waals surface area contributed by atoms with Gasteiger partial charge in [-0.25, -0.2) is 4.98 Å². The maximum absolute atomic E-state index is 12.8. The lowest BCUT2D eigenvalue weighted by Gasteiger charge is -2.45. The standard InChI is InChI=1S/C26H40N4O3/c1-17(2)21-15-29(10-11-30(21)22(31)9-12-32-8)24-19(14-27)18-13-26(6,7)33-16-20(18)23(28-24)25(3,4)5/h17,21H,9-13,15-16H2,1-8H3/t21-/m0/s1. The second-order valence-corrected chi connectivity index (χ2v) is 11.3. The first-order chi connectivity index (χ1) is 15.4. The van der Waals surface area contributed by atoms with E-state index in [2.05, 4.69) is 59.4 Å². The number of carbonyl (C=O) groups is 1. The minimum atomic E-state index is -0.320. The van der Waals surface area contributed by atoms with Crippen molar-refractivity contribution in [1.82, 2.24) is 9.88 Å². The molecule has 7 nitrogen and oxygen atoms in total. The van der Waals surface area contributed by atoms with Crippen molar-refractivity contribution in [2.75, 3.05) is 38.3 Å². The van der Waals surface area contributed by atoms with Gasteiger partial charge in [0.25, 0.3) is 0 Å². The Balaban J connectivity index is 2.04. The first-order valence-electron chi connectivity index (χ1n) is 12.0. The van der Waals surface area contributed by atoms with Crippen molar-refractivity contribution >= 4 is 11.7 Å². The molecule has 182 valence electrons. The monoisotopic (exact) mass is 456 g/mol. The van der Waals surface area contributed by atoms with E-state index in [9.17, 15) is 10.1 Å². The Labute approximate surface area is 199 Å². The highest BCUT2D eigenvalue weighted by atomic mass is 16.5. The van der Waals surface area contributed by atoms with Crippen molar-refractivity contribution in [3.63, 3.8) is 0 Å². The van der Waals surface area contributed by atoms with E-state index < -0.39 is 0 Å². The molecule has 3 rings (SSSR count). The summed E-state index contributed by atoms with van der Waals surface area (Å²) in [5.74, 6) is 1.17. The third-order valence-corrected chi connectivity index (χ3v) is 6.75. The fourth-order valence-corrected chi connectivity index (χ4v) is 4.94. The summed E-state index contributed by atoms with van der Waals surface area (Å²) in [7, 11) is 1.62. The van der Waals surface area contributed by atoms with Crippen molar-refractivity contribution < 1.29 is 14.3 Å². The summed E-state index contributed by atoms with van der Waals surface area (Å²) in [5, 5.41) is 10.2. The molecule has 33 heavy (non-hydrogen) atoms. The van der Waals surface area contributed by atoms with Gasteiger partial charge in [-0.1, -0.05) is 34.6 Å². The van der Waals surface area contributed by atoms with Crippen LogP contribution in [0, 0.1) is 17.2 Å². The van der Waals surface area contributed by atoms with E-state index in [1.807, 2.05) is 4.90 Å². The number of ether oxygens (including phenoxy) is 2. The van der Waals surface area contributed by atoms with Crippen LogP contribution in [0.4, 0.5) is 5.82 Å². The van der Waals surface area contributed by atoms with Crippen molar-refractivity contribution in [2.45, 2.75) is 85.0 Å². The number of fused-ring (bicyclic) bond motifs is 1. The van der Waals surface area contributed by atoms with Crippen LogP contribution in [0.25, 0.3) is 0 Å². The van der Waals surface area contributed by atoms with Crippen LogP contribution in [-0.2, 0) is 32.7 Å². The van der Waals surface area contributed by atoms with Crippen molar-refractivity contribution in [1.29, 1.82) is 5.26 Å². The minimum Gasteiger partial charge on any atom is -0.384 e. The Morgan fingerprint density at radius 3 is 2.58 bits per heavy atom. The highest BCUT2D eigenvalue weighted by molar-refractivity contribution is 5.77. The average molecular weight is 457 g/mol. The van der Waals surface area contributed by atoms with Crippen LogP contribution < -0.4 is 4.90 Å². The Kier molecular flexibility index (Phi) is 7.40. The number of pyridine rings is 1. The van der Waals surface area contributed by atoms with Gasteiger partial charge in [-0.05, 0) is 25.3 Å². The van der Waals surface area contributed by atoms with Gasteiger partial charge in [0, 0.05) is 44.1 Å². The predicted octanol–water partition coefficient (Wildman–Crippen LogP) is 3.81. The van der Waals surface area contributed by atoms with Crippen LogP contribution in [0.15, 0.2) is 0 Å². The number of piperazine rings is 1. The lowest BCUT2D eigenvalue weighted by atomic mass is 9.81. The predicted molar refractivity (Wildman–Crippen MR) is 129 cm³/mol. The molecule has 0 bridgehead atoms. The van der Waals surface area contributed by atoms with Gasteiger partial charge in [0.15, 0.2) is 0 Å². The molecule has 1 aromatic rings. The number of methoxy groups -OCH3 is 1. The zero-order valence-electron chi connectivity index (χ0n) is 21.6. The smallest absolute Gasteiger partial charge is 0.225 e. The van der Waals surface area contributed by atoms with Crippen LogP contribution in [0.1, 0.15) is 77.3 Å². The summed E-state index contributed by atoms with van der Waals surface area (Å²) >= 11 is 0. The van der Waals surface area contributed by atoms with Crippen LogP contribution in [0.3, 0.4) is 0 Å². The Morgan fingerprint density at radius 1 is 1.30 bits per heavy atom. The average Bonchev–Trinajstić information content (AvgIpc) is 2.74. The second kappa shape index (κ2) is 9.60. The lowest BCUT2D eigenvalue weighted by Crippen LogP contribution is -2.57. The molecular formula is C26H40N4O3. The van der Waals surface area contributed by atoms with Gasteiger partial charge in [-0.15, -0.1) is 0 Å². The number of nitriles is 1. The van der Waals surface area contributed by atoms with E-state index in [4.69, 9.17) is 14.5 Å². The number of nitrogens with zero attached hydrogens (tertiary/aromatic N) is 4. The summed E-state index contributed by atoms with van der Waals surface area (Å²) in [5.41, 5.74) is 3.31. The molecule has 0 N–H and O–H groups in total. The normalized spacial score (nSPS) is 20.5. The number of hydrogen-bond donors (Lipinski definition) is 0. The molecule has 2 aliphatic heterocycles. The number of rotatable bonds is 5. The molecular weight excluding hydrogens is 416 g/mol. The molecule has 1 amide bonds. The maximum atomic E-state index is 12.8. The Bertz CT molecular complexity index is 927. The highest BCUT2D eigenvalue weighted by Gasteiger charge is 2.38. The number of aromatic nitrogens is 1. The van der Waals surface area contributed by atoms with Crippen molar-refractivity contribution in [3.05, 3.63) is 22.4 Å². The van der Waals surface area contributed by atoms with Gasteiger partial charge in [-0.2, -0.15) is 5.26 Å². The van der Waals surface area contributed by atoms with Crippen LogP contribution in [-0.4, -0.2) is 60.8 Å². The van der Waals surface area contributed by atoms with E-state index >= 15 is 0 Å². The molecule has 0 aliphatic carbocycles. The quantitative estimate of drug-likeness (QED) is 0.670. The third kappa shape index (κ3) is 5.33. The molecule has 1 atom stereocenters. The summed E-state index contributed by atoms with van der Waals surface area (Å²) in [6.45, 7) is 17.8. The molecule has 0 unspecified atom stereocenters. The van der Waals surface area contributed by atoms with E-state index in [1.54, 1.807) is 7.11 Å². The molecule has 0 spiro atoms. The fraction of sp³-hybridized carbons (Fsp3) is 0.731. The Hall–Kier alpha value is -2.17. The fourth-order valence-electron chi connectivity index (χ4n) is 4.94. The van der Waals surface area contributed by atoms with Crippen LogP contribution in [0.5, 0.6) is 0 Å². The van der Waals surface area contributed by atoms with Gasteiger partial charge >= 0.3 is 0 Å². The van der Waals surface area contributed by atoms with E-state index in [-0.39, 0.29) is 28.9 Å². The van der Waals surface area contributed by atoms with Gasteiger partial charge in [0.2, 0.25) is 5.91 Å². The molecule has 1 saturated heterocycles. The van der Waals surface area contributed by atoms with Crippen molar-refractivity contribution in [2.24, 2.45) is 5.92 Å². The molecule has 1 fully saturated rings.